The number of benzene rings is 2. The second-order valence-corrected chi connectivity index (χ2v) is 5.79. The standard InChI is InChI=1S/C17H14Cl2N2O/c1-11(15-7-6-14(18)9-16(15)19)21(2)17(22)13-5-3-4-12(8-13)10-20/h3-9,11H,1-2H3/t11-/m1/s1. The Labute approximate surface area is 139 Å². The summed E-state index contributed by atoms with van der Waals surface area (Å²) in [5.41, 5.74) is 1.74. The van der Waals surface area contributed by atoms with E-state index in [1.54, 1.807) is 48.3 Å². The fourth-order valence-electron chi connectivity index (χ4n) is 2.15. The maximum absolute atomic E-state index is 12.6. The van der Waals surface area contributed by atoms with Crippen molar-refractivity contribution in [2.24, 2.45) is 0 Å². The predicted molar refractivity (Wildman–Crippen MR) is 88.1 cm³/mol. The van der Waals surface area contributed by atoms with Gasteiger partial charge in [0.2, 0.25) is 0 Å². The molecule has 0 fully saturated rings. The van der Waals surface area contributed by atoms with Gasteiger partial charge >= 0.3 is 0 Å². The first-order valence-electron chi connectivity index (χ1n) is 6.66. The number of amides is 1. The molecular formula is C17H14Cl2N2O. The summed E-state index contributed by atoms with van der Waals surface area (Å²) >= 11 is 12.1. The van der Waals surface area contributed by atoms with Crippen LogP contribution in [0.15, 0.2) is 42.5 Å². The van der Waals surface area contributed by atoms with E-state index in [0.717, 1.165) is 5.56 Å². The average Bonchev–Trinajstić information content (AvgIpc) is 2.53. The van der Waals surface area contributed by atoms with Gasteiger partial charge in [-0.1, -0.05) is 35.3 Å². The predicted octanol–water partition coefficient (Wildman–Crippen LogP) is 4.70. The molecule has 0 aliphatic rings. The first-order valence-corrected chi connectivity index (χ1v) is 7.42. The Balaban J connectivity index is 2.28. The molecule has 2 aromatic carbocycles. The first-order chi connectivity index (χ1) is 10.4. The van der Waals surface area contributed by atoms with Gasteiger partial charge in [-0.2, -0.15) is 5.26 Å². The highest BCUT2D eigenvalue weighted by molar-refractivity contribution is 6.35. The molecule has 0 aromatic heterocycles. The van der Waals surface area contributed by atoms with Gasteiger partial charge in [-0.25, -0.2) is 0 Å². The van der Waals surface area contributed by atoms with Crippen LogP contribution in [-0.2, 0) is 0 Å². The maximum atomic E-state index is 12.6. The van der Waals surface area contributed by atoms with Crippen molar-refractivity contribution < 1.29 is 4.79 Å². The van der Waals surface area contributed by atoms with Crippen LogP contribution in [-0.4, -0.2) is 17.9 Å². The molecule has 1 atom stereocenters. The number of hydrogen-bond donors (Lipinski definition) is 0. The van der Waals surface area contributed by atoms with Crippen molar-refractivity contribution in [2.75, 3.05) is 7.05 Å². The van der Waals surface area contributed by atoms with Gasteiger partial charge in [0.25, 0.3) is 5.91 Å². The molecule has 2 aromatic rings. The van der Waals surface area contributed by atoms with Crippen LogP contribution in [0, 0.1) is 11.3 Å². The summed E-state index contributed by atoms with van der Waals surface area (Å²) in [5, 5.41) is 10.00. The smallest absolute Gasteiger partial charge is 0.254 e. The summed E-state index contributed by atoms with van der Waals surface area (Å²) in [6.45, 7) is 1.89. The zero-order valence-electron chi connectivity index (χ0n) is 12.2. The van der Waals surface area contributed by atoms with Crippen LogP contribution in [0.25, 0.3) is 0 Å². The van der Waals surface area contributed by atoms with Gasteiger partial charge in [0.15, 0.2) is 0 Å². The number of nitrogens with zero attached hydrogens (tertiary/aromatic N) is 2. The molecule has 0 heterocycles. The number of carbonyl (C=O) groups excluding carboxylic acids is 1. The number of nitriles is 1. The molecule has 1 amide bonds. The SMILES string of the molecule is C[C@H](c1ccc(Cl)cc1Cl)N(C)C(=O)c1cccc(C#N)c1. The van der Waals surface area contributed by atoms with E-state index in [1.165, 1.54) is 0 Å². The number of halogens is 2. The molecule has 0 aliphatic carbocycles. The zero-order valence-corrected chi connectivity index (χ0v) is 13.7. The van der Waals surface area contributed by atoms with Crippen molar-refractivity contribution in [1.82, 2.24) is 4.90 Å². The first kappa shape index (κ1) is 16.4. The Morgan fingerprint density at radius 1 is 1.23 bits per heavy atom. The Morgan fingerprint density at radius 3 is 2.59 bits per heavy atom. The fraction of sp³-hybridized carbons (Fsp3) is 0.176. The highest BCUT2D eigenvalue weighted by Crippen LogP contribution is 2.29. The summed E-state index contributed by atoms with van der Waals surface area (Å²) < 4.78 is 0. The highest BCUT2D eigenvalue weighted by Gasteiger charge is 2.21. The number of rotatable bonds is 3. The Kier molecular flexibility index (Phi) is 5.07. The van der Waals surface area contributed by atoms with Crippen molar-refractivity contribution >= 4 is 29.1 Å². The highest BCUT2D eigenvalue weighted by atomic mass is 35.5. The van der Waals surface area contributed by atoms with E-state index in [1.807, 2.05) is 19.1 Å². The van der Waals surface area contributed by atoms with Crippen LogP contribution in [0.3, 0.4) is 0 Å². The molecule has 2 rings (SSSR count). The summed E-state index contributed by atoms with van der Waals surface area (Å²) in [7, 11) is 1.71. The molecule has 0 unspecified atom stereocenters. The summed E-state index contributed by atoms with van der Waals surface area (Å²) in [4.78, 5) is 14.1. The summed E-state index contributed by atoms with van der Waals surface area (Å²) in [5.74, 6) is -0.171. The second-order valence-electron chi connectivity index (χ2n) is 4.95. The lowest BCUT2D eigenvalue weighted by molar-refractivity contribution is 0.0742. The van der Waals surface area contributed by atoms with Crippen LogP contribution in [0.4, 0.5) is 0 Å². The van der Waals surface area contributed by atoms with Crippen LogP contribution >= 0.6 is 23.2 Å². The van der Waals surface area contributed by atoms with Crippen molar-refractivity contribution in [1.29, 1.82) is 5.26 Å². The Bertz CT molecular complexity index is 753. The molecule has 0 N–H and O–H groups in total. The van der Waals surface area contributed by atoms with Gasteiger partial charge in [0.05, 0.1) is 17.7 Å². The zero-order chi connectivity index (χ0) is 16.3. The lowest BCUT2D eigenvalue weighted by Gasteiger charge is -2.26. The molecule has 0 radical (unpaired) electrons. The van der Waals surface area contributed by atoms with Crippen LogP contribution < -0.4 is 0 Å². The molecule has 0 saturated heterocycles. The monoisotopic (exact) mass is 332 g/mol. The molecule has 0 bridgehead atoms. The van der Waals surface area contributed by atoms with Crippen LogP contribution in [0.1, 0.15) is 34.5 Å². The van der Waals surface area contributed by atoms with Crippen LogP contribution in [0.2, 0.25) is 10.0 Å². The third-order valence-corrected chi connectivity index (χ3v) is 4.11. The quantitative estimate of drug-likeness (QED) is 0.817. The molecule has 0 saturated carbocycles. The normalized spacial score (nSPS) is 11.6. The van der Waals surface area contributed by atoms with E-state index in [0.29, 0.717) is 21.2 Å². The van der Waals surface area contributed by atoms with Gasteiger partial charge in [-0.3, -0.25) is 4.79 Å². The lowest BCUT2D eigenvalue weighted by Crippen LogP contribution is -2.29. The minimum atomic E-state index is -0.219. The van der Waals surface area contributed by atoms with Gasteiger partial charge in [-0.15, -0.1) is 0 Å². The summed E-state index contributed by atoms with van der Waals surface area (Å²) in [6, 6.07) is 13.6. The minimum Gasteiger partial charge on any atom is -0.335 e. The van der Waals surface area contributed by atoms with E-state index < -0.39 is 0 Å². The second kappa shape index (κ2) is 6.83. The van der Waals surface area contributed by atoms with Crippen molar-refractivity contribution in [3.8, 4) is 6.07 Å². The van der Waals surface area contributed by atoms with E-state index >= 15 is 0 Å². The van der Waals surface area contributed by atoms with E-state index in [-0.39, 0.29) is 11.9 Å². The van der Waals surface area contributed by atoms with E-state index in [2.05, 4.69) is 0 Å². The van der Waals surface area contributed by atoms with Gasteiger partial charge in [0.1, 0.15) is 0 Å². The van der Waals surface area contributed by atoms with Gasteiger partial charge in [0, 0.05) is 22.7 Å². The van der Waals surface area contributed by atoms with E-state index in [4.69, 9.17) is 28.5 Å². The Hall–Kier alpha value is -2.02. The topological polar surface area (TPSA) is 44.1 Å². The third kappa shape index (κ3) is 3.41. The van der Waals surface area contributed by atoms with Crippen LogP contribution in [0.5, 0.6) is 0 Å². The largest absolute Gasteiger partial charge is 0.335 e. The fourth-order valence-corrected chi connectivity index (χ4v) is 2.72. The maximum Gasteiger partial charge on any atom is 0.254 e. The molecule has 0 spiro atoms. The van der Waals surface area contributed by atoms with Crippen molar-refractivity contribution in [3.05, 3.63) is 69.2 Å². The molecule has 3 nitrogen and oxygen atoms in total. The lowest BCUT2D eigenvalue weighted by atomic mass is 10.1. The molecule has 22 heavy (non-hydrogen) atoms. The number of carbonyl (C=O) groups is 1. The molecule has 0 aliphatic heterocycles. The van der Waals surface area contributed by atoms with Gasteiger partial charge in [-0.05, 0) is 42.8 Å². The van der Waals surface area contributed by atoms with Crippen molar-refractivity contribution in [2.45, 2.75) is 13.0 Å². The van der Waals surface area contributed by atoms with Gasteiger partial charge < -0.3 is 4.90 Å². The number of hydrogen-bond acceptors (Lipinski definition) is 2. The average molecular weight is 333 g/mol. The van der Waals surface area contributed by atoms with Crippen molar-refractivity contribution in [3.63, 3.8) is 0 Å². The third-order valence-electron chi connectivity index (χ3n) is 3.55. The molecule has 5 heteroatoms. The van der Waals surface area contributed by atoms with E-state index in [9.17, 15) is 4.79 Å². The molecule has 112 valence electrons. The summed E-state index contributed by atoms with van der Waals surface area (Å²) in [6.07, 6.45) is 0. The molecular weight excluding hydrogens is 319 g/mol. The Morgan fingerprint density at radius 2 is 1.95 bits per heavy atom. The minimum absolute atomic E-state index is 0.171.